The number of nitrogens with zero attached hydrogens (tertiary/aromatic N) is 1. The Morgan fingerprint density at radius 1 is 0.938 bits per heavy atom. The van der Waals surface area contributed by atoms with Crippen LogP contribution in [0.5, 0.6) is 11.5 Å². The second kappa shape index (κ2) is 8.15. The largest absolute Gasteiger partial charge is 0.497 e. The lowest BCUT2D eigenvalue weighted by molar-refractivity contribution is 0.0708. The highest BCUT2D eigenvalue weighted by Gasteiger charge is 2.50. The Kier molecular flexibility index (Phi) is 5.65. The first-order valence-electron chi connectivity index (χ1n) is 11.1. The number of hydrogen-bond acceptors (Lipinski definition) is 4. The summed E-state index contributed by atoms with van der Waals surface area (Å²) in [7, 11) is 3.09. The van der Waals surface area contributed by atoms with Crippen molar-refractivity contribution in [2.24, 2.45) is 10.8 Å². The molecule has 2 bridgehead atoms. The van der Waals surface area contributed by atoms with Gasteiger partial charge in [0, 0.05) is 35.5 Å². The molecule has 1 saturated heterocycles. The van der Waals surface area contributed by atoms with Crippen LogP contribution in [0.15, 0.2) is 42.5 Å². The number of hydrogen-bond donors (Lipinski definition) is 1. The van der Waals surface area contributed by atoms with Crippen LogP contribution in [0, 0.1) is 10.8 Å². The molecule has 0 spiro atoms. The van der Waals surface area contributed by atoms with E-state index in [4.69, 9.17) is 9.47 Å². The third-order valence-electron chi connectivity index (χ3n) is 6.68. The lowest BCUT2D eigenvalue weighted by Gasteiger charge is -2.39. The number of fused-ring (bicyclic) bond motifs is 2. The minimum absolute atomic E-state index is 0.0758. The van der Waals surface area contributed by atoms with Gasteiger partial charge in [-0.3, -0.25) is 9.59 Å². The Bertz CT molecular complexity index is 1010. The van der Waals surface area contributed by atoms with Crippen LogP contribution in [0.25, 0.3) is 0 Å². The molecule has 2 atom stereocenters. The summed E-state index contributed by atoms with van der Waals surface area (Å²) in [4.78, 5) is 28.0. The fraction of sp³-hybridized carbons (Fsp3) is 0.462. The van der Waals surface area contributed by atoms with Crippen molar-refractivity contribution in [3.63, 3.8) is 0 Å². The van der Waals surface area contributed by atoms with E-state index in [0.29, 0.717) is 34.4 Å². The molecule has 2 aliphatic rings. The molecule has 1 aliphatic carbocycles. The van der Waals surface area contributed by atoms with Gasteiger partial charge in [0.1, 0.15) is 11.5 Å². The van der Waals surface area contributed by atoms with E-state index in [1.54, 1.807) is 56.7 Å². The SMILES string of the molecule is COc1cc(OC)cc(C(=O)Nc2ccc(C(=O)N3CC4(C)CC3CC(C)(C)C4)cc2)c1. The Morgan fingerprint density at radius 3 is 2.16 bits per heavy atom. The fourth-order valence-corrected chi connectivity index (χ4v) is 5.70. The van der Waals surface area contributed by atoms with Gasteiger partial charge in [-0.2, -0.15) is 0 Å². The summed E-state index contributed by atoms with van der Waals surface area (Å²) in [6.07, 6.45) is 3.28. The maximum Gasteiger partial charge on any atom is 0.255 e. The monoisotopic (exact) mass is 436 g/mol. The first-order valence-corrected chi connectivity index (χ1v) is 11.1. The first kappa shape index (κ1) is 22.2. The summed E-state index contributed by atoms with van der Waals surface area (Å²) < 4.78 is 10.5. The van der Waals surface area contributed by atoms with Crippen molar-refractivity contribution in [2.75, 3.05) is 26.1 Å². The summed E-state index contributed by atoms with van der Waals surface area (Å²) in [6.45, 7) is 7.73. The second-order valence-corrected chi connectivity index (χ2v) is 10.3. The molecule has 2 aromatic rings. The molecule has 170 valence electrons. The smallest absolute Gasteiger partial charge is 0.255 e. The Balaban J connectivity index is 1.46. The highest BCUT2D eigenvalue weighted by atomic mass is 16.5. The molecule has 1 N–H and O–H groups in total. The fourth-order valence-electron chi connectivity index (χ4n) is 5.70. The quantitative estimate of drug-likeness (QED) is 0.716. The van der Waals surface area contributed by atoms with Crippen LogP contribution >= 0.6 is 0 Å². The summed E-state index contributed by atoms with van der Waals surface area (Å²) >= 11 is 0. The molecule has 2 aromatic carbocycles. The molecule has 1 saturated carbocycles. The van der Waals surface area contributed by atoms with Gasteiger partial charge in [-0.15, -0.1) is 0 Å². The summed E-state index contributed by atoms with van der Waals surface area (Å²) in [5.41, 5.74) is 2.18. The van der Waals surface area contributed by atoms with Crippen molar-refractivity contribution < 1.29 is 19.1 Å². The number of amides is 2. The Hall–Kier alpha value is -3.02. The van der Waals surface area contributed by atoms with Gasteiger partial charge >= 0.3 is 0 Å². The summed E-state index contributed by atoms with van der Waals surface area (Å²) in [5.74, 6) is 0.892. The summed E-state index contributed by atoms with van der Waals surface area (Å²) in [5, 5.41) is 2.88. The molecule has 4 rings (SSSR count). The third-order valence-corrected chi connectivity index (χ3v) is 6.68. The van der Waals surface area contributed by atoms with Crippen molar-refractivity contribution in [3.8, 4) is 11.5 Å². The molecule has 2 unspecified atom stereocenters. The Labute approximate surface area is 189 Å². The zero-order valence-corrected chi connectivity index (χ0v) is 19.5. The van der Waals surface area contributed by atoms with E-state index in [-0.39, 0.29) is 22.6 Å². The lowest BCUT2D eigenvalue weighted by atomic mass is 9.65. The average Bonchev–Trinajstić information content (AvgIpc) is 3.01. The van der Waals surface area contributed by atoms with Crippen molar-refractivity contribution >= 4 is 17.5 Å². The first-order chi connectivity index (χ1) is 15.1. The molecule has 2 amide bonds. The number of anilines is 1. The minimum atomic E-state index is -0.273. The van der Waals surface area contributed by atoms with Gasteiger partial charge in [0.2, 0.25) is 0 Å². The molecule has 1 aliphatic heterocycles. The van der Waals surface area contributed by atoms with Gasteiger partial charge in [0.15, 0.2) is 0 Å². The van der Waals surface area contributed by atoms with Crippen LogP contribution in [0.4, 0.5) is 5.69 Å². The van der Waals surface area contributed by atoms with E-state index in [2.05, 4.69) is 31.0 Å². The van der Waals surface area contributed by atoms with Crippen LogP contribution in [0.2, 0.25) is 0 Å². The van der Waals surface area contributed by atoms with Gasteiger partial charge in [-0.1, -0.05) is 20.8 Å². The van der Waals surface area contributed by atoms with Gasteiger partial charge in [-0.05, 0) is 66.5 Å². The van der Waals surface area contributed by atoms with Crippen LogP contribution in [0.1, 0.15) is 60.7 Å². The van der Waals surface area contributed by atoms with Crippen molar-refractivity contribution in [1.29, 1.82) is 0 Å². The number of benzene rings is 2. The zero-order valence-electron chi connectivity index (χ0n) is 19.5. The number of nitrogens with one attached hydrogen (secondary N) is 1. The van der Waals surface area contributed by atoms with Crippen molar-refractivity contribution in [3.05, 3.63) is 53.6 Å². The van der Waals surface area contributed by atoms with E-state index in [0.717, 1.165) is 25.8 Å². The van der Waals surface area contributed by atoms with Gasteiger partial charge in [0.05, 0.1) is 14.2 Å². The number of methoxy groups -OCH3 is 2. The number of likely N-dealkylation sites (tertiary alicyclic amines) is 1. The maximum atomic E-state index is 13.2. The summed E-state index contributed by atoms with van der Waals surface area (Å²) in [6, 6.07) is 12.5. The number of carbonyl (C=O) groups excluding carboxylic acids is 2. The van der Waals surface area contributed by atoms with E-state index in [1.807, 2.05) is 0 Å². The van der Waals surface area contributed by atoms with E-state index < -0.39 is 0 Å². The molecular weight excluding hydrogens is 404 g/mol. The maximum absolute atomic E-state index is 13.2. The number of carbonyl (C=O) groups is 2. The van der Waals surface area contributed by atoms with Crippen molar-refractivity contribution in [1.82, 2.24) is 4.90 Å². The molecule has 1 heterocycles. The lowest BCUT2D eigenvalue weighted by Crippen LogP contribution is -2.37. The predicted octanol–water partition coefficient (Wildman–Crippen LogP) is 5.00. The molecule has 6 nitrogen and oxygen atoms in total. The van der Waals surface area contributed by atoms with Crippen LogP contribution in [0.3, 0.4) is 0 Å². The predicted molar refractivity (Wildman–Crippen MR) is 125 cm³/mol. The molecule has 6 heteroatoms. The molecule has 0 aromatic heterocycles. The Morgan fingerprint density at radius 2 is 1.56 bits per heavy atom. The number of rotatable bonds is 5. The van der Waals surface area contributed by atoms with E-state index >= 15 is 0 Å². The van der Waals surface area contributed by atoms with Gasteiger partial charge in [0.25, 0.3) is 11.8 Å². The average molecular weight is 437 g/mol. The molecule has 32 heavy (non-hydrogen) atoms. The zero-order chi connectivity index (χ0) is 23.1. The normalized spacial score (nSPS) is 23.5. The highest BCUT2D eigenvalue weighted by molar-refractivity contribution is 6.05. The highest BCUT2D eigenvalue weighted by Crippen LogP contribution is 2.52. The van der Waals surface area contributed by atoms with Crippen LogP contribution in [-0.4, -0.2) is 43.5 Å². The topological polar surface area (TPSA) is 67.9 Å². The van der Waals surface area contributed by atoms with Crippen molar-refractivity contribution in [2.45, 2.75) is 46.1 Å². The molecule has 2 fully saturated rings. The third kappa shape index (κ3) is 4.45. The van der Waals surface area contributed by atoms with Crippen LogP contribution in [-0.2, 0) is 0 Å². The number of ether oxygens (including phenoxy) is 2. The minimum Gasteiger partial charge on any atom is -0.497 e. The molecular formula is C26H32N2O4. The van der Waals surface area contributed by atoms with Gasteiger partial charge < -0.3 is 19.7 Å². The second-order valence-electron chi connectivity index (χ2n) is 10.3. The van der Waals surface area contributed by atoms with E-state index in [1.165, 1.54) is 0 Å². The van der Waals surface area contributed by atoms with E-state index in [9.17, 15) is 9.59 Å². The van der Waals surface area contributed by atoms with Gasteiger partial charge in [-0.25, -0.2) is 0 Å². The standard InChI is InChI=1S/C26H32N2O4/c1-25(2)13-20-14-26(3,15-25)16-28(20)24(30)17-6-8-19(9-7-17)27-23(29)18-10-21(31-4)12-22(11-18)32-5/h6-12,20H,13-16H2,1-5H3,(H,27,29). The molecule has 0 radical (unpaired) electrons. The van der Waals surface area contributed by atoms with Crippen LogP contribution < -0.4 is 14.8 Å².